The SMILES string of the molecule is N#Cc1nc2n(c1C#N)CCCn1cccc1-2. The van der Waals surface area contributed by atoms with Crippen molar-refractivity contribution < 1.29 is 0 Å². The maximum Gasteiger partial charge on any atom is 0.177 e. The summed E-state index contributed by atoms with van der Waals surface area (Å²) in [6.45, 7) is 1.65. The maximum absolute atomic E-state index is 9.12. The predicted octanol–water partition coefficient (Wildman–Crippen LogP) is 1.50. The first-order valence-corrected chi connectivity index (χ1v) is 5.41. The molecule has 0 unspecified atom stereocenters. The second-order valence-electron chi connectivity index (χ2n) is 3.95. The van der Waals surface area contributed by atoms with Crippen molar-refractivity contribution in [2.45, 2.75) is 19.5 Å². The van der Waals surface area contributed by atoms with Gasteiger partial charge in [0.2, 0.25) is 0 Å². The van der Waals surface area contributed by atoms with Crippen LogP contribution in [0.2, 0.25) is 0 Å². The lowest BCUT2D eigenvalue weighted by Gasteiger charge is -2.02. The van der Waals surface area contributed by atoms with Crippen LogP contribution in [0.25, 0.3) is 11.5 Å². The molecule has 2 aromatic rings. The number of nitriles is 2. The largest absolute Gasteiger partial charge is 0.345 e. The van der Waals surface area contributed by atoms with Crippen LogP contribution >= 0.6 is 0 Å². The second kappa shape index (κ2) is 3.50. The van der Waals surface area contributed by atoms with E-state index >= 15 is 0 Å². The van der Waals surface area contributed by atoms with E-state index in [9.17, 15) is 0 Å². The van der Waals surface area contributed by atoms with Gasteiger partial charge < -0.3 is 9.13 Å². The van der Waals surface area contributed by atoms with Crippen molar-refractivity contribution in [3.05, 3.63) is 29.7 Å². The average Bonchev–Trinajstić information content (AvgIpc) is 2.90. The summed E-state index contributed by atoms with van der Waals surface area (Å²) in [5.74, 6) is 0.723. The molecular formula is C12H9N5. The first-order chi connectivity index (χ1) is 8.35. The standard InChI is InChI=1S/C12H9N5/c13-7-9-11(8-14)17-6-2-5-16-4-1-3-10(16)12(17)15-9/h1,3-4H,2,5-6H2. The molecule has 0 amide bonds. The summed E-state index contributed by atoms with van der Waals surface area (Å²) in [6, 6.07) is 7.98. The molecule has 3 heterocycles. The molecular weight excluding hydrogens is 214 g/mol. The van der Waals surface area contributed by atoms with Gasteiger partial charge in [-0.25, -0.2) is 4.98 Å². The van der Waals surface area contributed by atoms with Crippen molar-refractivity contribution in [2.75, 3.05) is 0 Å². The molecule has 0 fully saturated rings. The van der Waals surface area contributed by atoms with Crippen molar-refractivity contribution in [1.82, 2.24) is 14.1 Å². The number of aryl methyl sites for hydroxylation is 1. The Balaban J connectivity index is 2.32. The smallest absolute Gasteiger partial charge is 0.177 e. The summed E-state index contributed by atoms with van der Waals surface area (Å²) in [4.78, 5) is 4.27. The van der Waals surface area contributed by atoms with E-state index in [1.165, 1.54) is 0 Å². The third-order valence-electron chi connectivity index (χ3n) is 3.02. The molecule has 3 rings (SSSR count). The van der Waals surface area contributed by atoms with E-state index in [1.807, 2.05) is 29.0 Å². The maximum atomic E-state index is 9.12. The van der Waals surface area contributed by atoms with Crippen LogP contribution in [-0.4, -0.2) is 14.1 Å². The Morgan fingerprint density at radius 2 is 2.12 bits per heavy atom. The quantitative estimate of drug-likeness (QED) is 0.679. The minimum absolute atomic E-state index is 0.220. The predicted molar refractivity (Wildman–Crippen MR) is 59.7 cm³/mol. The summed E-state index contributed by atoms with van der Waals surface area (Å²) in [5, 5.41) is 18.1. The first-order valence-electron chi connectivity index (χ1n) is 5.41. The fourth-order valence-corrected chi connectivity index (χ4v) is 2.27. The highest BCUT2D eigenvalue weighted by atomic mass is 15.1. The van der Waals surface area contributed by atoms with Crippen molar-refractivity contribution in [3.8, 4) is 23.7 Å². The molecule has 0 aliphatic carbocycles. The molecule has 0 atom stereocenters. The van der Waals surface area contributed by atoms with E-state index < -0.39 is 0 Å². The lowest BCUT2D eigenvalue weighted by Crippen LogP contribution is -2.01. The molecule has 2 aromatic heterocycles. The van der Waals surface area contributed by atoms with Gasteiger partial charge in [0.1, 0.15) is 12.1 Å². The van der Waals surface area contributed by atoms with Gasteiger partial charge in [-0.2, -0.15) is 10.5 Å². The Morgan fingerprint density at radius 3 is 2.88 bits per heavy atom. The third-order valence-corrected chi connectivity index (χ3v) is 3.02. The summed E-state index contributed by atoms with van der Waals surface area (Å²) >= 11 is 0. The molecule has 5 heteroatoms. The van der Waals surface area contributed by atoms with Crippen molar-refractivity contribution in [2.24, 2.45) is 0 Å². The van der Waals surface area contributed by atoms with Gasteiger partial charge in [0, 0.05) is 19.3 Å². The van der Waals surface area contributed by atoms with Gasteiger partial charge in [0.05, 0.1) is 5.69 Å². The molecule has 0 bridgehead atoms. The number of nitrogens with zero attached hydrogens (tertiary/aromatic N) is 5. The number of hydrogen-bond acceptors (Lipinski definition) is 3. The highest BCUT2D eigenvalue weighted by Gasteiger charge is 2.21. The van der Waals surface area contributed by atoms with Crippen LogP contribution in [0.1, 0.15) is 17.8 Å². The van der Waals surface area contributed by atoms with Crippen LogP contribution in [0.3, 0.4) is 0 Å². The van der Waals surface area contributed by atoms with Crippen LogP contribution in [0.5, 0.6) is 0 Å². The number of fused-ring (bicyclic) bond motifs is 3. The number of rotatable bonds is 0. The number of hydrogen-bond donors (Lipinski definition) is 0. The van der Waals surface area contributed by atoms with Crippen molar-refractivity contribution >= 4 is 0 Å². The Kier molecular flexibility index (Phi) is 1.99. The van der Waals surface area contributed by atoms with E-state index in [2.05, 4.69) is 15.6 Å². The zero-order chi connectivity index (χ0) is 11.8. The van der Waals surface area contributed by atoms with Crippen molar-refractivity contribution in [1.29, 1.82) is 10.5 Å². The zero-order valence-electron chi connectivity index (χ0n) is 9.09. The monoisotopic (exact) mass is 223 g/mol. The fourth-order valence-electron chi connectivity index (χ4n) is 2.27. The molecule has 0 aromatic carbocycles. The summed E-state index contributed by atoms with van der Waals surface area (Å²) < 4.78 is 3.95. The molecule has 17 heavy (non-hydrogen) atoms. The van der Waals surface area contributed by atoms with Crippen molar-refractivity contribution in [3.63, 3.8) is 0 Å². The molecule has 5 nitrogen and oxygen atoms in total. The van der Waals surface area contributed by atoms with E-state index in [4.69, 9.17) is 10.5 Å². The number of aromatic nitrogens is 3. The van der Waals surface area contributed by atoms with Crippen LogP contribution in [-0.2, 0) is 13.1 Å². The van der Waals surface area contributed by atoms with Gasteiger partial charge in [-0.3, -0.25) is 0 Å². The Labute approximate surface area is 98.2 Å². The minimum atomic E-state index is 0.220. The summed E-state index contributed by atoms with van der Waals surface area (Å²) in [6.07, 6.45) is 2.93. The second-order valence-corrected chi connectivity index (χ2v) is 3.95. The highest BCUT2D eigenvalue weighted by molar-refractivity contribution is 5.57. The average molecular weight is 223 g/mol. The summed E-state index contributed by atoms with van der Waals surface area (Å²) in [7, 11) is 0. The van der Waals surface area contributed by atoms with Crippen LogP contribution < -0.4 is 0 Å². The Hall–Kier alpha value is -2.53. The zero-order valence-corrected chi connectivity index (χ0v) is 9.09. The van der Waals surface area contributed by atoms with E-state index in [0.717, 1.165) is 31.0 Å². The molecule has 0 saturated carbocycles. The lowest BCUT2D eigenvalue weighted by molar-refractivity contribution is 0.593. The van der Waals surface area contributed by atoms with Gasteiger partial charge in [-0.05, 0) is 18.6 Å². The Morgan fingerprint density at radius 1 is 1.24 bits per heavy atom. The highest BCUT2D eigenvalue weighted by Crippen LogP contribution is 2.26. The Bertz CT molecular complexity index is 662. The van der Waals surface area contributed by atoms with Crippen LogP contribution in [0.4, 0.5) is 0 Å². The van der Waals surface area contributed by atoms with Gasteiger partial charge in [-0.1, -0.05) is 0 Å². The molecule has 82 valence electrons. The molecule has 0 N–H and O–H groups in total. The van der Waals surface area contributed by atoms with E-state index in [1.54, 1.807) is 0 Å². The number of imidazole rings is 1. The van der Waals surface area contributed by atoms with Crippen LogP contribution in [0, 0.1) is 22.7 Å². The molecule has 0 radical (unpaired) electrons. The first kappa shape index (κ1) is 9.68. The van der Waals surface area contributed by atoms with Crippen LogP contribution in [0.15, 0.2) is 18.3 Å². The topological polar surface area (TPSA) is 70.3 Å². The molecule has 1 aliphatic heterocycles. The van der Waals surface area contributed by atoms with E-state index in [0.29, 0.717) is 5.69 Å². The lowest BCUT2D eigenvalue weighted by atomic mass is 10.3. The minimum Gasteiger partial charge on any atom is -0.345 e. The summed E-state index contributed by atoms with van der Waals surface area (Å²) in [5.41, 5.74) is 1.56. The molecule has 0 saturated heterocycles. The normalized spacial score (nSPS) is 13.1. The molecule has 1 aliphatic rings. The molecule has 0 spiro atoms. The third kappa shape index (κ3) is 1.26. The van der Waals surface area contributed by atoms with Gasteiger partial charge in [0.25, 0.3) is 0 Å². The van der Waals surface area contributed by atoms with E-state index in [-0.39, 0.29) is 5.69 Å². The fraction of sp³-hybridized carbons (Fsp3) is 0.250. The van der Waals surface area contributed by atoms with Gasteiger partial charge in [-0.15, -0.1) is 0 Å². The van der Waals surface area contributed by atoms with Gasteiger partial charge in [0.15, 0.2) is 17.2 Å². The van der Waals surface area contributed by atoms with Gasteiger partial charge >= 0.3 is 0 Å².